The predicted octanol–water partition coefficient (Wildman–Crippen LogP) is 5.12. The van der Waals surface area contributed by atoms with Gasteiger partial charge >= 0.3 is 0 Å². The summed E-state index contributed by atoms with van der Waals surface area (Å²) in [5.41, 5.74) is 2.99. The molecule has 2 heterocycles. The Labute approximate surface area is 283 Å². The zero-order valence-electron chi connectivity index (χ0n) is 27.4. The average molecular weight is 667 g/mol. The summed E-state index contributed by atoms with van der Waals surface area (Å²) in [6.07, 6.45) is 9.99. The molecule has 4 saturated carbocycles. The van der Waals surface area contributed by atoms with E-state index in [0.717, 1.165) is 24.9 Å². The first kappa shape index (κ1) is 32.2. The van der Waals surface area contributed by atoms with Crippen molar-refractivity contribution in [1.82, 2.24) is 14.6 Å². The van der Waals surface area contributed by atoms with Gasteiger partial charge in [0.15, 0.2) is 0 Å². The van der Waals surface area contributed by atoms with E-state index in [1.807, 2.05) is 48.2 Å². The maximum absolute atomic E-state index is 13.6. The van der Waals surface area contributed by atoms with Gasteiger partial charge in [0.25, 0.3) is 11.8 Å². The van der Waals surface area contributed by atoms with Crippen molar-refractivity contribution in [2.75, 3.05) is 43.4 Å². The number of rotatable bonds is 8. The van der Waals surface area contributed by atoms with Crippen LogP contribution in [0.25, 0.3) is 0 Å². The Morgan fingerprint density at radius 3 is 2.25 bits per heavy atom. The number of nitrogens with one attached hydrogen (secondary N) is 1. The third-order valence-electron chi connectivity index (χ3n) is 10.5. The van der Waals surface area contributed by atoms with Crippen LogP contribution in [0.1, 0.15) is 77.3 Å². The van der Waals surface area contributed by atoms with E-state index >= 15 is 0 Å². The minimum atomic E-state index is -3.75. The van der Waals surface area contributed by atoms with Crippen LogP contribution in [0.15, 0.2) is 67.0 Å². The first-order chi connectivity index (χ1) is 23.2. The van der Waals surface area contributed by atoms with E-state index in [9.17, 15) is 18.0 Å². The highest BCUT2D eigenvalue weighted by Crippen LogP contribution is 2.60. The van der Waals surface area contributed by atoms with E-state index in [1.54, 1.807) is 30.6 Å². The van der Waals surface area contributed by atoms with Gasteiger partial charge < -0.3 is 14.5 Å². The molecule has 5 aliphatic rings. The van der Waals surface area contributed by atoms with E-state index in [-0.39, 0.29) is 17.1 Å². The number of hydrogen-bond acceptors (Lipinski definition) is 7. The molecule has 5 fully saturated rings. The molecule has 1 aromatic heterocycles. The molecule has 1 saturated heterocycles. The number of carbonyl (C=O) groups excluding carboxylic acids is 2. The van der Waals surface area contributed by atoms with Gasteiger partial charge in [-0.2, -0.15) is 0 Å². The van der Waals surface area contributed by atoms with Crippen molar-refractivity contribution in [1.29, 1.82) is 0 Å². The van der Waals surface area contributed by atoms with Crippen molar-refractivity contribution in [2.24, 2.45) is 23.2 Å². The molecule has 10 heteroatoms. The number of benzene rings is 2. The number of hydrogen-bond donors (Lipinski definition) is 1. The molecule has 1 aliphatic heterocycles. The van der Waals surface area contributed by atoms with Crippen molar-refractivity contribution >= 4 is 27.5 Å². The van der Waals surface area contributed by atoms with Crippen LogP contribution in [-0.2, 0) is 10.0 Å². The second kappa shape index (κ2) is 13.3. The molecule has 48 heavy (non-hydrogen) atoms. The van der Waals surface area contributed by atoms with Gasteiger partial charge in [-0.1, -0.05) is 24.0 Å². The summed E-state index contributed by atoms with van der Waals surface area (Å²) in [5.74, 6) is 8.25. The topological polar surface area (TPSA) is 109 Å². The fraction of sp³-hybridized carbons (Fsp3) is 0.447. The Morgan fingerprint density at radius 2 is 1.58 bits per heavy atom. The van der Waals surface area contributed by atoms with E-state index in [0.29, 0.717) is 78.5 Å². The Kier molecular flexibility index (Phi) is 8.90. The number of carbonyl (C=O) groups is 2. The van der Waals surface area contributed by atoms with Crippen LogP contribution in [-0.4, -0.2) is 68.7 Å². The highest BCUT2D eigenvalue weighted by atomic mass is 32.2. The maximum atomic E-state index is 13.6. The van der Waals surface area contributed by atoms with E-state index in [2.05, 4.69) is 26.4 Å². The lowest BCUT2D eigenvalue weighted by Gasteiger charge is -2.56. The average Bonchev–Trinajstić information content (AvgIpc) is 3.06. The third-order valence-corrected chi connectivity index (χ3v) is 12.0. The summed E-state index contributed by atoms with van der Waals surface area (Å²) < 4.78 is 34.2. The van der Waals surface area contributed by atoms with Gasteiger partial charge in [0.2, 0.25) is 10.0 Å². The largest absolute Gasteiger partial charge is 0.492 e. The predicted molar refractivity (Wildman–Crippen MR) is 184 cm³/mol. The molecule has 1 N–H and O–H groups in total. The summed E-state index contributed by atoms with van der Waals surface area (Å²) >= 11 is 0. The van der Waals surface area contributed by atoms with Gasteiger partial charge in [-0.25, -0.2) is 13.1 Å². The third kappa shape index (κ3) is 7.07. The molecule has 0 atom stereocenters. The highest BCUT2D eigenvalue weighted by Gasteiger charge is 2.52. The smallest absolute Gasteiger partial charge is 0.264 e. The van der Waals surface area contributed by atoms with Gasteiger partial charge in [0, 0.05) is 54.8 Å². The molecule has 250 valence electrons. The number of aromatic nitrogens is 1. The monoisotopic (exact) mass is 666 g/mol. The second-order valence-electron chi connectivity index (χ2n) is 14.1. The van der Waals surface area contributed by atoms with Crippen molar-refractivity contribution in [2.45, 2.75) is 45.4 Å². The summed E-state index contributed by atoms with van der Waals surface area (Å²) in [6.45, 7) is 4.77. The highest BCUT2D eigenvalue weighted by molar-refractivity contribution is 7.90. The van der Waals surface area contributed by atoms with Crippen molar-refractivity contribution in [3.63, 3.8) is 0 Å². The van der Waals surface area contributed by atoms with Gasteiger partial charge in [0.05, 0.1) is 24.1 Å². The Hall–Kier alpha value is -4.36. The molecular weight excluding hydrogens is 625 g/mol. The number of anilines is 1. The lowest BCUT2D eigenvalue weighted by Crippen LogP contribution is -2.51. The van der Waals surface area contributed by atoms with Gasteiger partial charge in [-0.3, -0.25) is 14.6 Å². The standard InChI is InChI=1S/C38H42N4O5S/c1-2-47-34-20-27(24-39-25-34)7-8-31-5-3-4-6-35(31)37(44)42-15-13-41(14-16-42)33-11-9-32(10-12-33)36(43)40-48(45,46)26-38-21-28-17-29(22-38)19-30(18-28)23-38/h3-6,9-12,20,24-25,28-30H,2,13-19,21-23,26H2,1H3,(H,40,43). The Morgan fingerprint density at radius 1 is 0.917 bits per heavy atom. The lowest BCUT2D eigenvalue weighted by atomic mass is 9.50. The molecule has 4 aliphatic carbocycles. The molecular formula is C38H42N4O5S. The first-order valence-corrected chi connectivity index (χ1v) is 18.7. The fourth-order valence-electron chi connectivity index (χ4n) is 8.92. The van der Waals surface area contributed by atoms with Crippen molar-refractivity contribution < 1.29 is 22.7 Å². The number of ether oxygens (including phenoxy) is 1. The normalized spacial score (nSPS) is 24.5. The van der Waals surface area contributed by atoms with Crippen LogP contribution in [0.4, 0.5) is 5.69 Å². The zero-order valence-corrected chi connectivity index (χ0v) is 28.2. The van der Waals surface area contributed by atoms with E-state index < -0.39 is 15.9 Å². The van der Waals surface area contributed by atoms with Crippen LogP contribution in [0.3, 0.4) is 0 Å². The van der Waals surface area contributed by atoms with Gasteiger partial charge in [-0.05, 0) is 111 Å². The van der Waals surface area contributed by atoms with Crippen molar-refractivity contribution in [3.8, 4) is 17.6 Å². The molecule has 8 rings (SSSR count). The number of sulfonamides is 1. The summed E-state index contributed by atoms with van der Waals surface area (Å²) in [7, 11) is -3.75. The van der Waals surface area contributed by atoms with Gasteiger partial charge in [-0.15, -0.1) is 0 Å². The molecule has 2 amide bonds. The number of amides is 2. The molecule has 2 aromatic carbocycles. The van der Waals surface area contributed by atoms with Gasteiger partial charge in [0.1, 0.15) is 5.75 Å². The molecule has 3 aromatic rings. The lowest BCUT2D eigenvalue weighted by molar-refractivity contribution is -0.0391. The minimum absolute atomic E-state index is 0.0488. The molecule has 0 spiro atoms. The summed E-state index contributed by atoms with van der Waals surface area (Å²) in [4.78, 5) is 34.8. The quantitative estimate of drug-likeness (QED) is 0.333. The van der Waals surface area contributed by atoms with E-state index in [1.165, 1.54) is 19.3 Å². The Balaban J connectivity index is 0.941. The molecule has 9 nitrogen and oxygen atoms in total. The number of nitrogens with zero attached hydrogens (tertiary/aromatic N) is 3. The summed E-state index contributed by atoms with van der Waals surface area (Å²) in [5, 5.41) is 0. The van der Waals surface area contributed by atoms with Crippen molar-refractivity contribution in [3.05, 3.63) is 89.2 Å². The van der Waals surface area contributed by atoms with Crippen LogP contribution in [0.2, 0.25) is 0 Å². The Bertz CT molecular complexity index is 1820. The van der Waals surface area contributed by atoms with E-state index in [4.69, 9.17) is 4.74 Å². The van der Waals surface area contributed by atoms with Crippen LogP contribution >= 0.6 is 0 Å². The first-order valence-electron chi connectivity index (χ1n) is 17.1. The molecule has 4 bridgehead atoms. The number of pyridine rings is 1. The summed E-state index contributed by atoms with van der Waals surface area (Å²) in [6, 6.07) is 16.2. The van der Waals surface area contributed by atoms with Crippen LogP contribution in [0.5, 0.6) is 5.75 Å². The number of piperazine rings is 1. The zero-order chi connectivity index (χ0) is 33.3. The minimum Gasteiger partial charge on any atom is -0.492 e. The van der Waals surface area contributed by atoms with Crippen LogP contribution in [0, 0.1) is 35.0 Å². The second-order valence-corrected chi connectivity index (χ2v) is 15.8. The molecule has 0 radical (unpaired) electrons. The maximum Gasteiger partial charge on any atom is 0.264 e. The molecule has 0 unspecified atom stereocenters. The fourth-order valence-corrected chi connectivity index (χ4v) is 10.6. The van der Waals surface area contributed by atoms with Crippen LogP contribution < -0.4 is 14.4 Å². The SMILES string of the molecule is CCOc1cncc(C#Cc2ccccc2C(=O)N2CCN(c3ccc(C(=O)NS(=O)(=O)CC45CC6CC(CC(C6)C4)C5)cc3)CC2)c1.